The Kier molecular flexibility index (Phi) is 47.3. The highest BCUT2D eigenvalue weighted by Crippen LogP contribution is 2.16. The number of carbonyl (C=O) groups is 2. The maximum Gasteiger partial charge on any atom is 0.306 e. The molecule has 1 atom stereocenters. The van der Waals surface area contributed by atoms with Gasteiger partial charge in [-0.25, -0.2) is 0 Å². The van der Waals surface area contributed by atoms with Crippen molar-refractivity contribution in [1.29, 1.82) is 0 Å². The summed E-state index contributed by atoms with van der Waals surface area (Å²) in [5, 5.41) is 0. The molecule has 0 fully saturated rings. The van der Waals surface area contributed by atoms with Gasteiger partial charge in [-0.1, -0.05) is 258 Å². The molecule has 0 saturated heterocycles. The summed E-state index contributed by atoms with van der Waals surface area (Å²) in [4.78, 5) is 25.3. The van der Waals surface area contributed by atoms with Crippen LogP contribution in [0.25, 0.3) is 0 Å². The highest BCUT2D eigenvalue weighted by atomic mass is 16.6. The minimum atomic E-state index is -0.521. The molecule has 56 heavy (non-hydrogen) atoms. The Hall–Kier alpha value is -1.10. The lowest BCUT2D eigenvalue weighted by Crippen LogP contribution is -2.30. The molecule has 5 heteroatoms. The van der Waals surface area contributed by atoms with Gasteiger partial charge in [-0.2, -0.15) is 0 Å². The fourth-order valence-corrected chi connectivity index (χ4v) is 7.81. The Bertz CT molecular complexity index is 769. The molecule has 1 unspecified atom stereocenters. The van der Waals surface area contributed by atoms with Crippen molar-refractivity contribution < 1.29 is 23.8 Å². The van der Waals surface area contributed by atoms with Gasteiger partial charge in [0.15, 0.2) is 6.10 Å². The van der Waals surface area contributed by atoms with Crippen LogP contribution in [0.4, 0.5) is 0 Å². The second-order valence-electron chi connectivity index (χ2n) is 17.5. The molecule has 0 aromatic heterocycles. The molecule has 0 heterocycles. The Morgan fingerprint density at radius 3 is 0.911 bits per heavy atom. The van der Waals surface area contributed by atoms with Crippen molar-refractivity contribution in [2.45, 2.75) is 297 Å². The third kappa shape index (κ3) is 45.6. The van der Waals surface area contributed by atoms with Crippen LogP contribution in [0.15, 0.2) is 0 Å². The monoisotopic (exact) mass is 793 g/mol. The zero-order chi connectivity index (χ0) is 40.7. The van der Waals surface area contributed by atoms with Crippen LogP contribution in [-0.2, 0) is 23.8 Å². The molecule has 0 spiro atoms. The normalized spacial score (nSPS) is 12.0. The van der Waals surface area contributed by atoms with Crippen molar-refractivity contribution in [1.82, 2.24) is 0 Å². The van der Waals surface area contributed by atoms with Gasteiger partial charge in [0.1, 0.15) is 6.61 Å². The topological polar surface area (TPSA) is 61.8 Å². The van der Waals surface area contributed by atoms with Crippen molar-refractivity contribution >= 4 is 11.9 Å². The molecule has 0 aromatic carbocycles. The predicted octanol–water partition coefficient (Wildman–Crippen LogP) is 16.9. The van der Waals surface area contributed by atoms with E-state index in [4.69, 9.17) is 14.2 Å². The smallest absolute Gasteiger partial charge is 0.306 e. The second-order valence-corrected chi connectivity index (χ2v) is 17.5. The Labute approximate surface area is 351 Å². The number of ether oxygens (including phenoxy) is 3. The first-order valence-electron chi connectivity index (χ1n) is 25.6. The van der Waals surface area contributed by atoms with Crippen LogP contribution in [0, 0.1) is 0 Å². The number of hydrogen-bond acceptors (Lipinski definition) is 5. The summed E-state index contributed by atoms with van der Waals surface area (Å²) in [6.45, 7) is 7.89. The largest absolute Gasteiger partial charge is 0.462 e. The molecule has 0 aliphatic rings. The van der Waals surface area contributed by atoms with Crippen molar-refractivity contribution in [2.24, 2.45) is 0 Å². The average molecular weight is 793 g/mol. The fraction of sp³-hybridized carbons (Fsp3) is 0.961. The summed E-state index contributed by atoms with van der Waals surface area (Å²) in [7, 11) is 0. The molecule has 0 aromatic rings. The summed E-state index contributed by atoms with van der Waals surface area (Å²) in [6, 6.07) is 0. The standard InChI is InChI=1S/C51H100O5/c1-4-7-10-13-16-19-21-23-25-27-29-31-34-37-40-43-46-54-47-49(56-51(53)45-42-39-36-32-18-15-12-9-6-3)48-55-50(52)44-41-38-35-33-30-28-26-24-22-20-17-14-11-8-5-2/h49H,4-48H2,1-3H3. The minimum absolute atomic E-state index is 0.0973. The molecular formula is C51H100O5. The number of unbranched alkanes of at least 4 members (excludes halogenated alkanes) is 37. The zero-order valence-electron chi connectivity index (χ0n) is 38.4. The minimum Gasteiger partial charge on any atom is -0.462 e. The Morgan fingerprint density at radius 1 is 0.321 bits per heavy atom. The van der Waals surface area contributed by atoms with Gasteiger partial charge < -0.3 is 14.2 Å². The Balaban J connectivity index is 4.11. The lowest BCUT2D eigenvalue weighted by Gasteiger charge is -2.18. The van der Waals surface area contributed by atoms with Gasteiger partial charge in [0.05, 0.1) is 6.61 Å². The molecule has 0 amide bonds. The lowest BCUT2D eigenvalue weighted by molar-refractivity contribution is -0.163. The van der Waals surface area contributed by atoms with E-state index in [0.717, 1.165) is 32.1 Å². The van der Waals surface area contributed by atoms with Crippen LogP contribution in [0.5, 0.6) is 0 Å². The van der Waals surface area contributed by atoms with Crippen molar-refractivity contribution in [3.05, 3.63) is 0 Å². The summed E-state index contributed by atoms with van der Waals surface area (Å²) in [5.41, 5.74) is 0. The van der Waals surface area contributed by atoms with E-state index in [2.05, 4.69) is 20.8 Å². The van der Waals surface area contributed by atoms with E-state index in [1.54, 1.807) is 0 Å². The molecule has 0 radical (unpaired) electrons. The van der Waals surface area contributed by atoms with Gasteiger partial charge in [-0.15, -0.1) is 0 Å². The highest BCUT2D eigenvalue weighted by molar-refractivity contribution is 5.70. The van der Waals surface area contributed by atoms with E-state index >= 15 is 0 Å². The second kappa shape index (κ2) is 48.3. The first-order valence-corrected chi connectivity index (χ1v) is 25.6. The number of hydrogen-bond donors (Lipinski definition) is 0. The van der Waals surface area contributed by atoms with Crippen LogP contribution in [-0.4, -0.2) is 37.9 Å². The molecule has 334 valence electrons. The highest BCUT2D eigenvalue weighted by Gasteiger charge is 2.17. The van der Waals surface area contributed by atoms with Gasteiger partial charge in [-0.05, 0) is 19.3 Å². The SMILES string of the molecule is CCCCCCCCCCCCCCCCCCOCC(COC(=O)CCCCCCCCCCCCCCCCC)OC(=O)CCCCCCCCCCC. The number of esters is 2. The third-order valence-corrected chi connectivity index (χ3v) is 11.6. The van der Waals surface area contributed by atoms with Gasteiger partial charge in [0.25, 0.3) is 0 Å². The molecule has 0 aliphatic carbocycles. The van der Waals surface area contributed by atoms with E-state index < -0.39 is 6.10 Å². The average Bonchev–Trinajstić information content (AvgIpc) is 3.20. The maximum atomic E-state index is 12.7. The van der Waals surface area contributed by atoms with E-state index in [1.165, 1.54) is 225 Å². The molecule has 0 N–H and O–H groups in total. The number of rotatable bonds is 48. The van der Waals surface area contributed by atoms with Crippen LogP contribution in [0.1, 0.15) is 290 Å². The van der Waals surface area contributed by atoms with Crippen LogP contribution in [0.3, 0.4) is 0 Å². The number of carbonyl (C=O) groups excluding carboxylic acids is 2. The summed E-state index contributed by atoms with van der Waals surface area (Å²) in [5.74, 6) is -0.375. The van der Waals surface area contributed by atoms with E-state index in [0.29, 0.717) is 26.1 Å². The maximum absolute atomic E-state index is 12.7. The fourth-order valence-electron chi connectivity index (χ4n) is 7.81. The van der Waals surface area contributed by atoms with Crippen LogP contribution in [0.2, 0.25) is 0 Å². The summed E-state index contributed by atoms with van der Waals surface area (Å²) >= 11 is 0. The molecular weight excluding hydrogens is 693 g/mol. The quantitative estimate of drug-likeness (QED) is 0.0454. The predicted molar refractivity (Wildman–Crippen MR) is 243 cm³/mol. The van der Waals surface area contributed by atoms with E-state index in [9.17, 15) is 9.59 Å². The third-order valence-electron chi connectivity index (χ3n) is 11.6. The zero-order valence-corrected chi connectivity index (χ0v) is 38.4. The summed E-state index contributed by atoms with van der Waals surface area (Å²) < 4.78 is 17.4. The van der Waals surface area contributed by atoms with Gasteiger partial charge in [-0.3, -0.25) is 9.59 Å². The first kappa shape index (κ1) is 54.9. The van der Waals surface area contributed by atoms with Crippen LogP contribution >= 0.6 is 0 Å². The van der Waals surface area contributed by atoms with Gasteiger partial charge >= 0.3 is 11.9 Å². The molecule has 0 rings (SSSR count). The molecule has 0 bridgehead atoms. The van der Waals surface area contributed by atoms with Crippen molar-refractivity contribution in [3.63, 3.8) is 0 Å². The molecule has 0 saturated carbocycles. The van der Waals surface area contributed by atoms with Crippen molar-refractivity contribution in [3.8, 4) is 0 Å². The lowest BCUT2D eigenvalue weighted by atomic mass is 10.0. The van der Waals surface area contributed by atoms with Crippen molar-refractivity contribution in [2.75, 3.05) is 19.8 Å². The van der Waals surface area contributed by atoms with Gasteiger partial charge in [0, 0.05) is 19.4 Å². The first-order chi connectivity index (χ1) is 27.6. The van der Waals surface area contributed by atoms with Crippen LogP contribution < -0.4 is 0 Å². The van der Waals surface area contributed by atoms with E-state index in [1.807, 2.05) is 0 Å². The molecule has 0 aliphatic heterocycles. The van der Waals surface area contributed by atoms with Gasteiger partial charge in [0.2, 0.25) is 0 Å². The van der Waals surface area contributed by atoms with E-state index in [-0.39, 0.29) is 18.5 Å². The Morgan fingerprint density at radius 2 is 0.589 bits per heavy atom. The summed E-state index contributed by atoms with van der Waals surface area (Å²) in [6.07, 6.45) is 52.5. The molecule has 5 nitrogen and oxygen atoms in total.